The van der Waals surface area contributed by atoms with Crippen molar-refractivity contribution < 1.29 is 33.7 Å². The van der Waals surface area contributed by atoms with Crippen molar-refractivity contribution in [2.75, 3.05) is 27.4 Å². The second-order valence-corrected chi connectivity index (χ2v) is 6.50. The summed E-state index contributed by atoms with van der Waals surface area (Å²) in [5, 5.41) is 11.2. The van der Waals surface area contributed by atoms with Gasteiger partial charge in [-0.1, -0.05) is 6.08 Å². The summed E-state index contributed by atoms with van der Waals surface area (Å²) in [6.07, 6.45) is 3.18. The Morgan fingerprint density at radius 1 is 1.27 bits per heavy atom. The van der Waals surface area contributed by atoms with Crippen LogP contribution in [0.1, 0.15) is 18.4 Å². The summed E-state index contributed by atoms with van der Waals surface area (Å²) < 4.78 is 16.3. The molecular weight excluding hydrogens is 412 g/mol. The lowest BCUT2D eigenvalue weighted by molar-refractivity contribution is -0.137. The predicted molar refractivity (Wildman–Crippen MR) is 113 cm³/mol. The number of carboxylic acids is 1. The van der Waals surface area contributed by atoms with E-state index in [2.05, 4.69) is 11.9 Å². The lowest BCUT2D eigenvalue weighted by atomic mass is 10.1. The molecule has 0 radical (unpaired) electrons. The Kier molecular flexibility index (Phi) is 7.93. The molecule has 0 atom stereocenters. The van der Waals surface area contributed by atoms with Crippen LogP contribution in [0.15, 0.2) is 30.4 Å². The third kappa shape index (κ3) is 5.35. The average Bonchev–Trinajstić information content (AvgIpc) is 2.71. The quantitative estimate of drug-likeness (QED) is 0.188. The van der Waals surface area contributed by atoms with Gasteiger partial charge in [0.05, 0.1) is 26.4 Å². The van der Waals surface area contributed by atoms with Crippen LogP contribution >= 0.6 is 12.2 Å². The Hall–Kier alpha value is -3.40. The number of methoxy groups -OCH3 is 2. The summed E-state index contributed by atoms with van der Waals surface area (Å²) in [6, 6.07) is 3.13. The zero-order chi connectivity index (χ0) is 22.3. The van der Waals surface area contributed by atoms with Crippen molar-refractivity contribution in [2.24, 2.45) is 0 Å². The number of carboxylic acid groups (broad SMARTS) is 1. The molecule has 0 unspecified atom stereocenters. The third-order valence-corrected chi connectivity index (χ3v) is 4.43. The molecule has 30 heavy (non-hydrogen) atoms. The maximum Gasteiger partial charge on any atom is 0.303 e. The predicted octanol–water partition coefficient (Wildman–Crippen LogP) is 1.76. The van der Waals surface area contributed by atoms with Crippen molar-refractivity contribution in [1.29, 1.82) is 0 Å². The first-order chi connectivity index (χ1) is 14.3. The number of amides is 2. The molecule has 1 heterocycles. The number of ether oxygens (including phenoxy) is 3. The number of carbonyl (C=O) groups excluding carboxylic acids is 2. The van der Waals surface area contributed by atoms with Crippen molar-refractivity contribution in [2.45, 2.75) is 12.8 Å². The second-order valence-electron chi connectivity index (χ2n) is 6.11. The fraction of sp³-hybridized carbons (Fsp3) is 0.300. The maximum absolute atomic E-state index is 12.7. The van der Waals surface area contributed by atoms with Crippen LogP contribution in [0.4, 0.5) is 0 Å². The van der Waals surface area contributed by atoms with Gasteiger partial charge in [-0.15, -0.1) is 6.58 Å². The lowest BCUT2D eigenvalue weighted by Gasteiger charge is -2.28. The third-order valence-electron chi connectivity index (χ3n) is 4.11. The Morgan fingerprint density at radius 3 is 2.43 bits per heavy atom. The van der Waals surface area contributed by atoms with E-state index >= 15 is 0 Å². The van der Waals surface area contributed by atoms with Crippen LogP contribution in [0.3, 0.4) is 0 Å². The highest BCUT2D eigenvalue weighted by molar-refractivity contribution is 7.80. The van der Waals surface area contributed by atoms with E-state index in [1.807, 2.05) is 0 Å². The first-order valence-corrected chi connectivity index (χ1v) is 9.33. The van der Waals surface area contributed by atoms with Crippen molar-refractivity contribution in [3.63, 3.8) is 0 Å². The van der Waals surface area contributed by atoms with E-state index in [4.69, 9.17) is 31.5 Å². The van der Waals surface area contributed by atoms with E-state index in [0.29, 0.717) is 29.2 Å². The number of rotatable bonds is 10. The Bertz CT molecular complexity index is 885. The first-order valence-electron chi connectivity index (χ1n) is 8.92. The molecule has 1 aromatic carbocycles. The summed E-state index contributed by atoms with van der Waals surface area (Å²) in [4.78, 5) is 36.9. The molecule has 0 saturated carbocycles. The average molecular weight is 434 g/mol. The van der Waals surface area contributed by atoms with E-state index in [1.54, 1.807) is 12.1 Å². The molecule has 9 nitrogen and oxygen atoms in total. The summed E-state index contributed by atoms with van der Waals surface area (Å²) in [7, 11) is 2.85. The number of benzene rings is 1. The molecule has 2 rings (SSSR count). The fourth-order valence-electron chi connectivity index (χ4n) is 2.69. The summed E-state index contributed by atoms with van der Waals surface area (Å²) >= 11 is 5.04. The van der Waals surface area contributed by atoms with E-state index in [9.17, 15) is 14.4 Å². The topological polar surface area (TPSA) is 114 Å². The van der Waals surface area contributed by atoms with Gasteiger partial charge < -0.3 is 19.3 Å². The normalized spacial score (nSPS) is 15.1. The summed E-state index contributed by atoms with van der Waals surface area (Å²) in [6.45, 7) is 3.92. The fourth-order valence-corrected chi connectivity index (χ4v) is 2.94. The number of thiocarbonyl (C=S) groups is 1. The highest BCUT2D eigenvalue weighted by atomic mass is 32.1. The van der Waals surface area contributed by atoms with Gasteiger partial charge in [0, 0.05) is 25.1 Å². The van der Waals surface area contributed by atoms with Gasteiger partial charge in [0.2, 0.25) is 0 Å². The molecule has 1 aromatic rings. The lowest BCUT2D eigenvalue weighted by Crippen LogP contribution is -2.53. The number of nitrogens with zero attached hydrogens (tertiary/aromatic N) is 1. The zero-order valence-corrected chi connectivity index (χ0v) is 17.4. The molecule has 1 fully saturated rings. The Labute approximate surface area is 178 Å². The van der Waals surface area contributed by atoms with Crippen molar-refractivity contribution in [1.82, 2.24) is 10.2 Å². The van der Waals surface area contributed by atoms with Crippen LogP contribution in [0.25, 0.3) is 6.08 Å². The number of hydrogen-bond acceptors (Lipinski definition) is 7. The van der Waals surface area contributed by atoms with Gasteiger partial charge in [-0.3, -0.25) is 24.6 Å². The molecule has 0 spiro atoms. The molecule has 2 amide bonds. The van der Waals surface area contributed by atoms with Crippen LogP contribution in [0.2, 0.25) is 0 Å². The van der Waals surface area contributed by atoms with Crippen LogP contribution < -0.4 is 19.5 Å². The number of aliphatic carboxylic acids is 1. The highest BCUT2D eigenvalue weighted by Gasteiger charge is 2.33. The van der Waals surface area contributed by atoms with Gasteiger partial charge in [-0.25, -0.2) is 0 Å². The molecule has 10 heteroatoms. The van der Waals surface area contributed by atoms with Crippen LogP contribution in [0, 0.1) is 0 Å². The number of nitrogens with one attached hydrogen (secondary N) is 1. The second kappa shape index (κ2) is 10.4. The van der Waals surface area contributed by atoms with E-state index in [1.165, 1.54) is 31.3 Å². The molecule has 1 saturated heterocycles. The van der Waals surface area contributed by atoms with Crippen LogP contribution in [-0.2, 0) is 14.4 Å². The SMILES string of the molecule is C=CCN1C(=O)/C(=C/c2c(OC)cc(OCCCC(=O)O)cc2OC)C(=O)NC1=S. The van der Waals surface area contributed by atoms with Crippen molar-refractivity contribution >= 4 is 41.2 Å². The molecule has 160 valence electrons. The number of hydrogen-bond donors (Lipinski definition) is 2. The van der Waals surface area contributed by atoms with Gasteiger partial charge in [0.15, 0.2) is 5.11 Å². The van der Waals surface area contributed by atoms with E-state index in [0.717, 1.165) is 0 Å². The molecule has 1 aliphatic heterocycles. The molecule has 2 N–H and O–H groups in total. The summed E-state index contributed by atoms with van der Waals surface area (Å²) in [5.74, 6) is -1.11. The van der Waals surface area contributed by atoms with Gasteiger partial charge in [-0.2, -0.15) is 0 Å². The van der Waals surface area contributed by atoms with Gasteiger partial charge in [0.1, 0.15) is 22.8 Å². The van der Waals surface area contributed by atoms with Gasteiger partial charge in [-0.05, 0) is 24.7 Å². The minimum Gasteiger partial charge on any atom is -0.496 e. The molecule has 0 aromatic heterocycles. The van der Waals surface area contributed by atoms with Gasteiger partial charge >= 0.3 is 5.97 Å². The largest absolute Gasteiger partial charge is 0.496 e. The van der Waals surface area contributed by atoms with E-state index in [-0.39, 0.29) is 30.3 Å². The monoisotopic (exact) mass is 434 g/mol. The molecule has 1 aliphatic rings. The van der Waals surface area contributed by atoms with Crippen molar-refractivity contribution in [3.05, 3.63) is 35.9 Å². The van der Waals surface area contributed by atoms with Gasteiger partial charge in [0.25, 0.3) is 11.8 Å². The standard InChI is InChI=1S/C20H22N2O7S/c1-4-7-22-19(26)14(18(25)21-20(22)30)11-13-15(27-2)9-12(10-16(13)28-3)29-8-5-6-17(23)24/h4,9-11H,1,5-8H2,2-3H3,(H,23,24)(H,21,25,30)/b14-11+. The van der Waals surface area contributed by atoms with Crippen molar-refractivity contribution in [3.8, 4) is 17.2 Å². The minimum atomic E-state index is -0.906. The number of carbonyl (C=O) groups is 3. The van der Waals surface area contributed by atoms with Crippen LogP contribution in [-0.4, -0.2) is 60.3 Å². The smallest absolute Gasteiger partial charge is 0.303 e. The first kappa shape index (κ1) is 22.9. The van der Waals surface area contributed by atoms with Crippen LogP contribution in [0.5, 0.6) is 17.2 Å². The minimum absolute atomic E-state index is 0.00564. The highest BCUT2D eigenvalue weighted by Crippen LogP contribution is 2.36. The Balaban J connectivity index is 2.38. The van der Waals surface area contributed by atoms with E-state index < -0.39 is 17.8 Å². The summed E-state index contributed by atoms with van der Waals surface area (Å²) in [5.41, 5.74) is 0.222. The molecule has 0 aliphatic carbocycles. The molecular formula is C20H22N2O7S. The maximum atomic E-state index is 12.7. The molecule has 0 bridgehead atoms. The zero-order valence-electron chi connectivity index (χ0n) is 16.6. The Morgan fingerprint density at radius 2 is 1.90 bits per heavy atom.